The molecule has 0 aromatic carbocycles. The molecule has 1 amide bonds. The van der Waals surface area contributed by atoms with Crippen LogP contribution in [0.15, 0.2) is 0 Å². The Morgan fingerprint density at radius 1 is 0.900 bits per heavy atom. The lowest BCUT2D eigenvalue weighted by Gasteiger charge is -2.45. The lowest BCUT2D eigenvalue weighted by Crippen LogP contribution is -2.59. The van der Waals surface area contributed by atoms with Gasteiger partial charge >= 0.3 is 5.97 Å². The molecule has 1 atom stereocenters. The minimum atomic E-state index is -0.329. The Kier molecular flexibility index (Phi) is 8.16. The molecule has 3 aliphatic rings. The van der Waals surface area contributed by atoms with Crippen LogP contribution in [0.3, 0.4) is 0 Å². The van der Waals surface area contributed by atoms with Gasteiger partial charge in [0.15, 0.2) is 6.35 Å². The maximum atomic E-state index is 12.6. The lowest BCUT2D eigenvalue weighted by molar-refractivity contribution is -0.193. The van der Waals surface area contributed by atoms with Crippen LogP contribution in [0.5, 0.6) is 0 Å². The molecule has 0 spiro atoms. The minimum Gasteiger partial charge on any atom is -0.466 e. The SMILES string of the molecule is CCOC(=O)[C@H]1CC[C@H](OC(N2CCCC2)N2CCN(C(=O)C(C)(C)C)CC2)CC1. The second-order valence-corrected chi connectivity index (χ2v) is 10.0. The molecule has 1 unspecified atom stereocenters. The van der Waals surface area contributed by atoms with Gasteiger partial charge in [0.05, 0.1) is 18.6 Å². The fourth-order valence-electron chi connectivity index (χ4n) is 4.85. The van der Waals surface area contributed by atoms with Crippen LogP contribution in [0.25, 0.3) is 0 Å². The first kappa shape index (κ1) is 23.5. The number of hydrogen-bond donors (Lipinski definition) is 0. The van der Waals surface area contributed by atoms with Crippen molar-refractivity contribution in [1.29, 1.82) is 0 Å². The van der Waals surface area contributed by atoms with Crippen LogP contribution in [0.2, 0.25) is 0 Å². The van der Waals surface area contributed by atoms with Crippen molar-refractivity contribution in [3.05, 3.63) is 0 Å². The normalized spacial score (nSPS) is 27.8. The second kappa shape index (κ2) is 10.4. The van der Waals surface area contributed by atoms with Gasteiger partial charge < -0.3 is 14.4 Å². The molecular formula is C23H41N3O4. The van der Waals surface area contributed by atoms with Crippen molar-refractivity contribution in [2.24, 2.45) is 11.3 Å². The maximum absolute atomic E-state index is 12.6. The third-order valence-electron chi connectivity index (χ3n) is 6.62. The number of hydrogen-bond acceptors (Lipinski definition) is 6. The zero-order chi connectivity index (χ0) is 21.7. The van der Waals surface area contributed by atoms with E-state index in [1.165, 1.54) is 12.8 Å². The molecule has 172 valence electrons. The van der Waals surface area contributed by atoms with Crippen molar-refractivity contribution in [3.63, 3.8) is 0 Å². The maximum Gasteiger partial charge on any atom is 0.308 e. The minimum absolute atomic E-state index is 0.0106. The highest BCUT2D eigenvalue weighted by Gasteiger charge is 2.37. The van der Waals surface area contributed by atoms with Gasteiger partial charge in [-0.25, -0.2) is 0 Å². The molecule has 7 heteroatoms. The molecule has 0 bridgehead atoms. The van der Waals surface area contributed by atoms with E-state index in [0.29, 0.717) is 6.61 Å². The monoisotopic (exact) mass is 423 g/mol. The van der Waals surface area contributed by atoms with Crippen LogP contribution < -0.4 is 0 Å². The molecule has 1 aliphatic carbocycles. The van der Waals surface area contributed by atoms with Gasteiger partial charge in [-0.3, -0.25) is 19.4 Å². The summed E-state index contributed by atoms with van der Waals surface area (Å²) in [5.41, 5.74) is -0.329. The van der Waals surface area contributed by atoms with E-state index < -0.39 is 0 Å². The largest absolute Gasteiger partial charge is 0.466 e. The summed E-state index contributed by atoms with van der Waals surface area (Å²) in [6.07, 6.45) is 6.15. The smallest absolute Gasteiger partial charge is 0.308 e. The highest BCUT2D eigenvalue weighted by molar-refractivity contribution is 5.81. The van der Waals surface area contributed by atoms with Gasteiger partial charge in [-0.15, -0.1) is 0 Å². The van der Waals surface area contributed by atoms with Crippen LogP contribution >= 0.6 is 0 Å². The van der Waals surface area contributed by atoms with Gasteiger partial charge in [0.25, 0.3) is 0 Å². The van der Waals surface area contributed by atoms with Gasteiger partial charge in [0.2, 0.25) is 5.91 Å². The Morgan fingerprint density at radius 3 is 2.00 bits per heavy atom. The molecule has 7 nitrogen and oxygen atoms in total. The summed E-state index contributed by atoms with van der Waals surface area (Å²) in [6.45, 7) is 13.7. The zero-order valence-corrected chi connectivity index (χ0v) is 19.4. The third-order valence-corrected chi connectivity index (χ3v) is 6.62. The highest BCUT2D eigenvalue weighted by Crippen LogP contribution is 2.30. The molecule has 2 aliphatic heterocycles. The highest BCUT2D eigenvalue weighted by atomic mass is 16.5. The van der Waals surface area contributed by atoms with Gasteiger partial charge in [-0.05, 0) is 45.4 Å². The molecule has 0 N–H and O–H groups in total. The fraction of sp³-hybridized carbons (Fsp3) is 0.913. The first-order chi connectivity index (χ1) is 14.3. The summed E-state index contributed by atoms with van der Waals surface area (Å²) in [5.74, 6) is 0.215. The number of ether oxygens (including phenoxy) is 2. The molecule has 0 radical (unpaired) electrons. The van der Waals surface area contributed by atoms with E-state index in [-0.39, 0.29) is 35.7 Å². The summed E-state index contributed by atoms with van der Waals surface area (Å²) in [7, 11) is 0. The van der Waals surface area contributed by atoms with Crippen LogP contribution in [-0.2, 0) is 19.1 Å². The summed E-state index contributed by atoms with van der Waals surface area (Å²) < 4.78 is 11.9. The zero-order valence-electron chi connectivity index (χ0n) is 19.4. The van der Waals surface area contributed by atoms with E-state index in [9.17, 15) is 9.59 Å². The first-order valence-corrected chi connectivity index (χ1v) is 11.9. The third kappa shape index (κ3) is 5.95. The number of esters is 1. The summed E-state index contributed by atoms with van der Waals surface area (Å²) in [4.78, 5) is 31.5. The van der Waals surface area contributed by atoms with E-state index >= 15 is 0 Å². The predicted molar refractivity (Wildman–Crippen MR) is 116 cm³/mol. The van der Waals surface area contributed by atoms with Crippen LogP contribution in [0, 0.1) is 11.3 Å². The van der Waals surface area contributed by atoms with Crippen molar-refractivity contribution in [1.82, 2.24) is 14.7 Å². The van der Waals surface area contributed by atoms with Crippen molar-refractivity contribution >= 4 is 11.9 Å². The Bertz CT molecular complexity index is 569. The number of rotatable bonds is 6. The molecular weight excluding hydrogens is 382 g/mol. The molecule has 3 rings (SSSR count). The topological polar surface area (TPSA) is 62.3 Å². The van der Waals surface area contributed by atoms with E-state index in [4.69, 9.17) is 9.47 Å². The number of amides is 1. The Morgan fingerprint density at radius 2 is 1.47 bits per heavy atom. The van der Waals surface area contributed by atoms with Crippen molar-refractivity contribution in [2.75, 3.05) is 45.9 Å². The van der Waals surface area contributed by atoms with Crippen molar-refractivity contribution in [3.8, 4) is 0 Å². The number of piperazine rings is 1. The van der Waals surface area contributed by atoms with E-state index in [1.807, 2.05) is 32.6 Å². The molecule has 0 aromatic heterocycles. The number of carbonyl (C=O) groups excluding carboxylic acids is 2. The number of carbonyl (C=O) groups is 2. The summed E-state index contributed by atoms with van der Waals surface area (Å²) in [5, 5.41) is 0. The molecule has 2 saturated heterocycles. The Hall–Kier alpha value is -1.18. The van der Waals surface area contributed by atoms with Crippen molar-refractivity contribution in [2.45, 2.75) is 78.7 Å². The summed E-state index contributed by atoms with van der Waals surface area (Å²) in [6, 6.07) is 0. The van der Waals surface area contributed by atoms with Crippen molar-refractivity contribution < 1.29 is 19.1 Å². The Balaban J connectivity index is 1.55. The molecule has 2 heterocycles. The first-order valence-electron chi connectivity index (χ1n) is 11.9. The van der Waals surface area contributed by atoms with E-state index in [2.05, 4.69) is 9.80 Å². The van der Waals surface area contributed by atoms with Crippen LogP contribution in [0.1, 0.15) is 66.2 Å². The average Bonchev–Trinajstić information content (AvgIpc) is 3.26. The second-order valence-electron chi connectivity index (χ2n) is 10.0. The van der Waals surface area contributed by atoms with Gasteiger partial charge in [-0.2, -0.15) is 0 Å². The van der Waals surface area contributed by atoms with Crippen LogP contribution in [-0.4, -0.2) is 84.9 Å². The average molecular weight is 424 g/mol. The van der Waals surface area contributed by atoms with Gasteiger partial charge in [-0.1, -0.05) is 20.8 Å². The van der Waals surface area contributed by atoms with E-state index in [1.54, 1.807) is 0 Å². The lowest BCUT2D eigenvalue weighted by atomic mass is 9.87. The van der Waals surface area contributed by atoms with Gasteiger partial charge in [0.1, 0.15) is 0 Å². The van der Waals surface area contributed by atoms with E-state index in [0.717, 1.165) is 65.0 Å². The van der Waals surface area contributed by atoms with Gasteiger partial charge in [0, 0.05) is 44.7 Å². The molecule has 0 aromatic rings. The number of likely N-dealkylation sites (tertiary alicyclic amines) is 1. The Labute approximate surface area is 182 Å². The fourth-order valence-corrected chi connectivity index (χ4v) is 4.85. The standard InChI is InChI=1S/C23H41N3O4/c1-5-29-20(27)18-8-10-19(11-9-18)30-22(25-12-6-7-13-25)26-16-14-24(15-17-26)21(28)23(2,3)4/h18-19,22H,5-17H2,1-4H3/t18-,19-,22?. The molecule has 1 saturated carbocycles. The summed E-state index contributed by atoms with van der Waals surface area (Å²) >= 11 is 0. The quantitative estimate of drug-likeness (QED) is 0.612. The molecule has 3 fully saturated rings. The predicted octanol–water partition coefficient (Wildman–Crippen LogP) is 2.69. The number of nitrogens with zero attached hydrogens (tertiary/aromatic N) is 3. The molecule has 30 heavy (non-hydrogen) atoms. The van der Waals surface area contributed by atoms with Crippen LogP contribution in [0.4, 0.5) is 0 Å².